The van der Waals surface area contributed by atoms with E-state index in [0.29, 0.717) is 32.0 Å². The standard InChI is InChI=1S/C19H24FN3O3S/c1-13-10-23(9-3-8-21-13)27(25,26)17-5-2-4-15-18(17)16(20)12-22(19(15)24)11-14-6-7-14/h2,4-5,12-14,21H,3,6-11H2,1H3/t13-/m0/s1. The molecule has 0 unspecified atom stereocenters. The van der Waals surface area contributed by atoms with Crippen molar-refractivity contribution < 1.29 is 12.8 Å². The normalized spacial score (nSPS) is 22.1. The van der Waals surface area contributed by atoms with Crippen molar-refractivity contribution in [1.82, 2.24) is 14.2 Å². The van der Waals surface area contributed by atoms with Gasteiger partial charge in [0.25, 0.3) is 5.56 Å². The molecule has 2 heterocycles. The highest BCUT2D eigenvalue weighted by atomic mass is 32.2. The molecule has 2 aromatic rings. The highest BCUT2D eigenvalue weighted by Gasteiger charge is 2.31. The topological polar surface area (TPSA) is 71.4 Å². The van der Waals surface area contributed by atoms with Crippen molar-refractivity contribution in [3.05, 3.63) is 40.6 Å². The molecule has 1 aliphatic carbocycles. The molecule has 2 aliphatic rings. The molecule has 1 aromatic carbocycles. The maximum atomic E-state index is 15.0. The highest BCUT2D eigenvalue weighted by Crippen LogP contribution is 2.31. The molecule has 6 nitrogen and oxygen atoms in total. The number of halogens is 1. The van der Waals surface area contributed by atoms with Crippen molar-refractivity contribution >= 4 is 20.8 Å². The third-order valence-corrected chi connectivity index (χ3v) is 7.26. The monoisotopic (exact) mass is 393 g/mol. The van der Waals surface area contributed by atoms with Gasteiger partial charge < -0.3 is 9.88 Å². The summed E-state index contributed by atoms with van der Waals surface area (Å²) >= 11 is 0. The first-order chi connectivity index (χ1) is 12.9. The Balaban J connectivity index is 1.84. The SMILES string of the molecule is C[C@H]1CN(S(=O)(=O)c2cccc3c(=O)n(CC4CC4)cc(F)c23)CCCN1. The fraction of sp³-hybridized carbons (Fsp3) is 0.526. The fourth-order valence-corrected chi connectivity index (χ4v) is 5.51. The number of nitrogens with zero attached hydrogens (tertiary/aromatic N) is 2. The van der Waals surface area contributed by atoms with Gasteiger partial charge >= 0.3 is 0 Å². The van der Waals surface area contributed by atoms with Crippen LogP contribution in [-0.2, 0) is 16.6 Å². The summed E-state index contributed by atoms with van der Waals surface area (Å²) in [6.45, 7) is 3.84. The van der Waals surface area contributed by atoms with Gasteiger partial charge in [-0.3, -0.25) is 4.79 Å². The number of nitrogens with one attached hydrogen (secondary N) is 1. The van der Waals surface area contributed by atoms with Crippen LogP contribution in [0.2, 0.25) is 0 Å². The molecule has 0 amide bonds. The number of sulfonamides is 1. The van der Waals surface area contributed by atoms with Gasteiger partial charge in [-0.15, -0.1) is 0 Å². The van der Waals surface area contributed by atoms with Crippen LogP contribution in [0.15, 0.2) is 34.1 Å². The fourth-order valence-electron chi connectivity index (χ4n) is 3.72. The number of rotatable bonds is 4. The third kappa shape index (κ3) is 3.53. The summed E-state index contributed by atoms with van der Waals surface area (Å²) in [7, 11) is -3.90. The van der Waals surface area contributed by atoms with E-state index in [2.05, 4.69) is 5.32 Å². The molecule has 1 aliphatic heterocycles. The zero-order valence-electron chi connectivity index (χ0n) is 15.3. The van der Waals surface area contributed by atoms with E-state index in [-0.39, 0.29) is 27.3 Å². The average molecular weight is 393 g/mol. The summed E-state index contributed by atoms with van der Waals surface area (Å²) in [4.78, 5) is 12.7. The number of hydrogen-bond acceptors (Lipinski definition) is 4. The molecule has 146 valence electrons. The zero-order chi connectivity index (χ0) is 19.2. The number of hydrogen-bond donors (Lipinski definition) is 1. The lowest BCUT2D eigenvalue weighted by atomic mass is 10.1. The van der Waals surface area contributed by atoms with Crippen molar-refractivity contribution in [2.45, 2.75) is 43.7 Å². The van der Waals surface area contributed by atoms with Gasteiger partial charge in [-0.2, -0.15) is 4.31 Å². The molecule has 8 heteroatoms. The lowest BCUT2D eigenvalue weighted by molar-refractivity contribution is 0.403. The minimum atomic E-state index is -3.90. The second-order valence-electron chi connectivity index (χ2n) is 7.63. The summed E-state index contributed by atoms with van der Waals surface area (Å²) < 4.78 is 44.2. The smallest absolute Gasteiger partial charge is 0.258 e. The van der Waals surface area contributed by atoms with Gasteiger partial charge in [0.05, 0.1) is 10.3 Å². The molecule has 1 saturated heterocycles. The van der Waals surface area contributed by atoms with Crippen LogP contribution in [0.1, 0.15) is 26.2 Å². The van der Waals surface area contributed by atoms with Gasteiger partial charge in [0.1, 0.15) is 5.82 Å². The van der Waals surface area contributed by atoms with E-state index in [1.807, 2.05) is 6.92 Å². The molecule has 0 bridgehead atoms. The van der Waals surface area contributed by atoms with Gasteiger partial charge in [-0.1, -0.05) is 6.07 Å². The van der Waals surface area contributed by atoms with E-state index >= 15 is 0 Å². The van der Waals surface area contributed by atoms with Crippen LogP contribution in [0.4, 0.5) is 4.39 Å². The Kier molecular flexibility index (Phi) is 4.82. The van der Waals surface area contributed by atoms with Crippen molar-refractivity contribution in [1.29, 1.82) is 0 Å². The zero-order valence-corrected chi connectivity index (χ0v) is 16.1. The Bertz CT molecular complexity index is 1030. The van der Waals surface area contributed by atoms with Crippen molar-refractivity contribution in [3.8, 4) is 0 Å². The number of aromatic nitrogens is 1. The van der Waals surface area contributed by atoms with Gasteiger partial charge in [-0.05, 0) is 50.8 Å². The second kappa shape index (κ2) is 7.00. The largest absolute Gasteiger partial charge is 0.313 e. The van der Waals surface area contributed by atoms with Gasteiger partial charge in [-0.25, -0.2) is 12.8 Å². The first kappa shape index (κ1) is 18.6. The van der Waals surface area contributed by atoms with E-state index in [9.17, 15) is 17.6 Å². The minimum Gasteiger partial charge on any atom is -0.313 e. The van der Waals surface area contributed by atoms with Crippen molar-refractivity contribution in [3.63, 3.8) is 0 Å². The van der Waals surface area contributed by atoms with Gasteiger partial charge in [0.2, 0.25) is 10.0 Å². The molecule has 1 aromatic heterocycles. The Hall–Kier alpha value is -1.77. The minimum absolute atomic E-state index is 0.0119. The summed E-state index contributed by atoms with van der Waals surface area (Å²) in [6, 6.07) is 4.44. The Morgan fingerprint density at radius 3 is 2.81 bits per heavy atom. The van der Waals surface area contributed by atoms with Crippen LogP contribution in [0.3, 0.4) is 0 Å². The van der Waals surface area contributed by atoms with Crippen LogP contribution < -0.4 is 10.9 Å². The van der Waals surface area contributed by atoms with Gasteiger partial charge in [0.15, 0.2) is 0 Å². The summed E-state index contributed by atoms with van der Waals surface area (Å²) in [6.07, 6.45) is 3.93. The molecular weight excluding hydrogens is 369 g/mol. The molecule has 4 rings (SSSR count). The molecular formula is C19H24FN3O3S. The van der Waals surface area contributed by atoms with Crippen molar-refractivity contribution in [2.24, 2.45) is 5.92 Å². The predicted molar refractivity (Wildman–Crippen MR) is 102 cm³/mol. The maximum absolute atomic E-state index is 15.0. The first-order valence-corrected chi connectivity index (χ1v) is 10.9. The number of pyridine rings is 1. The summed E-state index contributed by atoms with van der Waals surface area (Å²) in [5, 5.41) is 3.28. The molecule has 0 radical (unpaired) electrons. The predicted octanol–water partition coefficient (Wildman–Crippen LogP) is 1.92. The van der Waals surface area contributed by atoms with E-state index in [1.54, 1.807) is 0 Å². The second-order valence-corrected chi connectivity index (χ2v) is 9.53. The van der Waals surface area contributed by atoms with E-state index in [0.717, 1.165) is 25.6 Å². The maximum Gasteiger partial charge on any atom is 0.258 e. The quantitative estimate of drug-likeness (QED) is 0.862. The molecule has 2 fully saturated rings. The first-order valence-electron chi connectivity index (χ1n) is 9.43. The Morgan fingerprint density at radius 1 is 1.30 bits per heavy atom. The number of fused-ring (bicyclic) bond motifs is 1. The van der Waals surface area contributed by atoms with Crippen molar-refractivity contribution in [2.75, 3.05) is 19.6 Å². The van der Waals surface area contributed by atoms with Crippen LogP contribution in [0.25, 0.3) is 10.8 Å². The number of benzene rings is 1. The molecule has 27 heavy (non-hydrogen) atoms. The highest BCUT2D eigenvalue weighted by molar-refractivity contribution is 7.89. The van der Waals surface area contributed by atoms with Crippen LogP contribution in [0.5, 0.6) is 0 Å². The summed E-state index contributed by atoms with van der Waals surface area (Å²) in [5.41, 5.74) is -0.332. The van der Waals surface area contributed by atoms with Crippen LogP contribution >= 0.6 is 0 Å². The Morgan fingerprint density at radius 2 is 2.07 bits per heavy atom. The Labute approximate surface area is 158 Å². The van der Waals surface area contributed by atoms with Crippen LogP contribution in [0, 0.1) is 11.7 Å². The third-order valence-electron chi connectivity index (χ3n) is 5.35. The lowest BCUT2D eigenvalue weighted by Gasteiger charge is -2.23. The van der Waals surface area contributed by atoms with E-state index < -0.39 is 15.8 Å². The molecule has 1 atom stereocenters. The van der Waals surface area contributed by atoms with Gasteiger partial charge in [0, 0.05) is 37.3 Å². The van der Waals surface area contributed by atoms with E-state index in [1.165, 1.54) is 27.1 Å². The van der Waals surface area contributed by atoms with E-state index in [4.69, 9.17) is 0 Å². The molecule has 0 spiro atoms. The lowest BCUT2D eigenvalue weighted by Crippen LogP contribution is -2.39. The van der Waals surface area contributed by atoms with Crippen LogP contribution in [-0.4, -0.2) is 43.0 Å². The summed E-state index contributed by atoms with van der Waals surface area (Å²) in [5.74, 6) is -0.247. The average Bonchev–Trinajstić information content (AvgIpc) is 3.46. The molecule has 1 saturated carbocycles. The molecule has 1 N–H and O–H groups in total.